The lowest BCUT2D eigenvalue weighted by Gasteiger charge is -2.14. The normalized spacial score (nSPS) is 13.0. The van der Waals surface area contributed by atoms with Crippen LogP contribution in [0.2, 0.25) is 0 Å². The van der Waals surface area contributed by atoms with Gasteiger partial charge in [0.1, 0.15) is 0 Å². The fourth-order valence-corrected chi connectivity index (χ4v) is 2.59. The number of nitrogens with two attached hydrogens (primary N) is 1. The number of carbonyl (C=O) groups excluding carboxylic acids is 1. The van der Waals surface area contributed by atoms with Crippen molar-refractivity contribution in [1.29, 1.82) is 0 Å². The minimum absolute atomic E-state index is 0.958. The number of benzene rings is 1. The lowest BCUT2D eigenvalue weighted by atomic mass is 10.1. The molecule has 0 aliphatic carbocycles. The summed E-state index contributed by atoms with van der Waals surface area (Å²) < 4.78 is 5.51. The average molecular weight is 327 g/mol. The molecule has 0 aliphatic rings. The van der Waals surface area contributed by atoms with Gasteiger partial charge in [-0.05, 0) is 48.2 Å². The molecule has 0 saturated carbocycles. The highest BCUT2D eigenvalue weighted by Crippen LogP contribution is 2.25. The Balaban J connectivity index is 0.000000212. The SMILES string of the molecule is COC(=O)[C@@](C)(N)C(=O)O.CSc1ccc2sccc2c1. The molecule has 1 atom stereocenters. The maximum atomic E-state index is 10.5. The Hall–Kier alpha value is -1.57. The minimum atomic E-state index is -1.94. The van der Waals surface area contributed by atoms with Crippen LogP contribution in [0.5, 0.6) is 0 Å². The fraction of sp³-hybridized carbons (Fsp3) is 0.286. The van der Waals surface area contributed by atoms with E-state index in [1.54, 1.807) is 23.1 Å². The molecule has 0 aliphatic heterocycles. The van der Waals surface area contributed by atoms with Crippen LogP contribution in [-0.4, -0.2) is 35.9 Å². The molecule has 2 rings (SSSR count). The molecule has 7 heteroatoms. The molecule has 0 saturated heterocycles. The number of esters is 1. The maximum Gasteiger partial charge on any atom is 0.337 e. The number of methoxy groups -OCH3 is 1. The molecule has 5 nitrogen and oxygen atoms in total. The van der Waals surface area contributed by atoms with Crippen LogP contribution in [0.4, 0.5) is 0 Å². The van der Waals surface area contributed by atoms with Crippen molar-refractivity contribution in [3.05, 3.63) is 29.6 Å². The summed E-state index contributed by atoms with van der Waals surface area (Å²) in [4.78, 5) is 22.1. The fourth-order valence-electron chi connectivity index (χ4n) is 1.37. The zero-order chi connectivity index (χ0) is 16.0. The van der Waals surface area contributed by atoms with Gasteiger partial charge in [0.15, 0.2) is 0 Å². The van der Waals surface area contributed by atoms with Crippen LogP contribution in [0.3, 0.4) is 0 Å². The molecule has 0 spiro atoms. The van der Waals surface area contributed by atoms with Gasteiger partial charge in [-0.15, -0.1) is 23.1 Å². The second-order valence-electron chi connectivity index (χ2n) is 4.32. The predicted molar refractivity (Wildman–Crippen MR) is 85.9 cm³/mol. The largest absolute Gasteiger partial charge is 0.479 e. The van der Waals surface area contributed by atoms with Crippen molar-refractivity contribution in [3.8, 4) is 0 Å². The Morgan fingerprint density at radius 1 is 1.38 bits per heavy atom. The third-order valence-electron chi connectivity index (χ3n) is 2.71. The number of carboxylic acid groups (broad SMARTS) is 1. The van der Waals surface area contributed by atoms with Crippen LogP contribution >= 0.6 is 23.1 Å². The summed E-state index contributed by atoms with van der Waals surface area (Å²) in [6.07, 6.45) is 2.10. The first kappa shape index (κ1) is 17.5. The number of hydrogen-bond acceptors (Lipinski definition) is 6. The highest BCUT2D eigenvalue weighted by molar-refractivity contribution is 7.98. The third kappa shape index (κ3) is 4.45. The summed E-state index contributed by atoms with van der Waals surface area (Å²) in [5.74, 6) is -2.36. The molecule has 0 unspecified atom stereocenters. The summed E-state index contributed by atoms with van der Waals surface area (Å²) >= 11 is 3.59. The Morgan fingerprint density at radius 2 is 2.05 bits per heavy atom. The van der Waals surface area contributed by atoms with Gasteiger partial charge in [0.05, 0.1) is 7.11 Å². The van der Waals surface area contributed by atoms with Crippen LogP contribution in [0, 0.1) is 0 Å². The van der Waals surface area contributed by atoms with E-state index in [1.807, 2.05) is 0 Å². The van der Waals surface area contributed by atoms with E-state index in [2.05, 4.69) is 40.6 Å². The van der Waals surface area contributed by atoms with Gasteiger partial charge in [0.2, 0.25) is 5.54 Å². The first-order valence-electron chi connectivity index (χ1n) is 5.95. The number of fused-ring (bicyclic) bond motifs is 1. The second-order valence-corrected chi connectivity index (χ2v) is 6.15. The third-order valence-corrected chi connectivity index (χ3v) is 4.34. The summed E-state index contributed by atoms with van der Waals surface area (Å²) in [6, 6.07) is 8.76. The number of ether oxygens (including phenoxy) is 1. The molecule has 2 aromatic rings. The number of thiophene rings is 1. The number of carboxylic acids is 1. The van der Waals surface area contributed by atoms with Crippen molar-refractivity contribution in [2.24, 2.45) is 5.73 Å². The highest BCUT2D eigenvalue weighted by Gasteiger charge is 2.37. The van der Waals surface area contributed by atoms with Crippen LogP contribution in [-0.2, 0) is 14.3 Å². The van der Waals surface area contributed by atoms with Crippen molar-refractivity contribution >= 4 is 45.1 Å². The summed E-state index contributed by atoms with van der Waals surface area (Å²) in [5, 5.41) is 11.8. The molecule has 114 valence electrons. The molecule has 0 bridgehead atoms. The quantitative estimate of drug-likeness (QED) is 0.512. The van der Waals surface area contributed by atoms with E-state index in [4.69, 9.17) is 10.8 Å². The Bertz CT molecular complexity index is 637. The van der Waals surface area contributed by atoms with Gasteiger partial charge >= 0.3 is 11.9 Å². The topological polar surface area (TPSA) is 89.6 Å². The Kier molecular flexibility index (Phi) is 6.19. The molecule has 1 aromatic heterocycles. The van der Waals surface area contributed by atoms with Crippen molar-refractivity contribution in [3.63, 3.8) is 0 Å². The Labute approximate surface area is 131 Å². The van der Waals surface area contributed by atoms with Crippen LogP contribution in [0.25, 0.3) is 10.1 Å². The van der Waals surface area contributed by atoms with E-state index >= 15 is 0 Å². The first-order valence-corrected chi connectivity index (χ1v) is 8.05. The van der Waals surface area contributed by atoms with Gasteiger partial charge in [-0.1, -0.05) is 0 Å². The number of rotatable bonds is 3. The van der Waals surface area contributed by atoms with Gasteiger partial charge in [-0.2, -0.15) is 0 Å². The van der Waals surface area contributed by atoms with Gasteiger partial charge in [-0.25, -0.2) is 9.59 Å². The van der Waals surface area contributed by atoms with E-state index in [9.17, 15) is 9.59 Å². The Morgan fingerprint density at radius 3 is 2.52 bits per heavy atom. The molecule has 0 amide bonds. The molecular weight excluding hydrogens is 310 g/mol. The van der Waals surface area contributed by atoms with Crippen molar-refractivity contribution in [1.82, 2.24) is 0 Å². The van der Waals surface area contributed by atoms with E-state index in [0.29, 0.717) is 0 Å². The van der Waals surface area contributed by atoms with Crippen molar-refractivity contribution in [2.45, 2.75) is 17.4 Å². The zero-order valence-corrected chi connectivity index (χ0v) is 13.6. The summed E-state index contributed by atoms with van der Waals surface area (Å²) in [6.45, 7) is 1.07. The lowest BCUT2D eigenvalue weighted by molar-refractivity contribution is -0.158. The summed E-state index contributed by atoms with van der Waals surface area (Å²) in [5.41, 5.74) is 3.10. The number of hydrogen-bond donors (Lipinski definition) is 2. The van der Waals surface area contributed by atoms with Gasteiger partial charge in [0, 0.05) is 9.60 Å². The average Bonchev–Trinajstić information content (AvgIpc) is 2.93. The highest BCUT2D eigenvalue weighted by atomic mass is 32.2. The number of aliphatic carboxylic acids is 1. The van der Waals surface area contributed by atoms with E-state index in [0.717, 1.165) is 14.0 Å². The van der Waals surface area contributed by atoms with E-state index in [-0.39, 0.29) is 0 Å². The lowest BCUT2D eigenvalue weighted by Crippen LogP contribution is -2.52. The van der Waals surface area contributed by atoms with Gasteiger partial charge in [-0.3, -0.25) is 0 Å². The maximum absolute atomic E-state index is 10.5. The second kappa shape index (κ2) is 7.44. The van der Waals surface area contributed by atoms with Crippen molar-refractivity contribution in [2.75, 3.05) is 13.4 Å². The monoisotopic (exact) mass is 327 g/mol. The molecule has 3 N–H and O–H groups in total. The first-order chi connectivity index (χ1) is 9.82. The zero-order valence-electron chi connectivity index (χ0n) is 12.0. The summed E-state index contributed by atoms with van der Waals surface area (Å²) in [7, 11) is 1.08. The molecule has 0 fully saturated rings. The van der Waals surface area contributed by atoms with Crippen LogP contribution in [0.15, 0.2) is 34.5 Å². The van der Waals surface area contributed by atoms with Gasteiger partial charge < -0.3 is 15.6 Å². The van der Waals surface area contributed by atoms with E-state index in [1.165, 1.54) is 15.0 Å². The van der Waals surface area contributed by atoms with Crippen molar-refractivity contribution < 1.29 is 19.4 Å². The number of carbonyl (C=O) groups is 2. The number of thioether (sulfide) groups is 1. The van der Waals surface area contributed by atoms with Crippen LogP contribution < -0.4 is 5.73 Å². The van der Waals surface area contributed by atoms with E-state index < -0.39 is 17.5 Å². The smallest absolute Gasteiger partial charge is 0.337 e. The standard InChI is InChI=1S/C9H8S2.C5H9NO4/c1-10-8-2-3-9-7(6-8)4-5-11-9;1-5(6,3(7)8)4(9)10-2/h2-6H,1H3;6H2,1-2H3,(H,7,8)/t;5-/m.0/s1. The molecule has 0 radical (unpaired) electrons. The molecule has 1 aromatic carbocycles. The van der Waals surface area contributed by atoms with Gasteiger partial charge in [0.25, 0.3) is 0 Å². The molecule has 21 heavy (non-hydrogen) atoms. The molecule has 1 heterocycles. The molecular formula is C14H17NO4S2. The van der Waals surface area contributed by atoms with Crippen LogP contribution in [0.1, 0.15) is 6.92 Å². The predicted octanol–water partition coefficient (Wildman–Crippen LogP) is 2.58. The minimum Gasteiger partial charge on any atom is -0.479 e.